The standard InChI is InChI=1S/C21H14N2O3S/c22-14-15-6-8-16(9-7-15)21-18-12-13-23(19(18)10-11-20(21)24)27(25,26)17-4-2-1-3-5-17/h1-13,24H. The van der Waals surface area contributed by atoms with Gasteiger partial charge in [0.05, 0.1) is 22.0 Å². The first kappa shape index (κ1) is 16.9. The highest BCUT2D eigenvalue weighted by Crippen LogP contribution is 2.37. The molecule has 0 fully saturated rings. The molecule has 0 unspecified atom stereocenters. The van der Waals surface area contributed by atoms with Crippen LogP contribution in [-0.4, -0.2) is 17.5 Å². The second kappa shape index (κ2) is 6.31. The van der Waals surface area contributed by atoms with Crippen molar-refractivity contribution >= 4 is 20.9 Å². The lowest BCUT2D eigenvalue weighted by atomic mass is 9.99. The second-order valence-corrected chi connectivity index (χ2v) is 7.83. The van der Waals surface area contributed by atoms with Crippen molar-refractivity contribution in [3.8, 4) is 22.9 Å². The molecule has 0 saturated carbocycles. The zero-order valence-electron chi connectivity index (χ0n) is 14.1. The van der Waals surface area contributed by atoms with Crippen molar-refractivity contribution in [2.24, 2.45) is 0 Å². The Hall–Kier alpha value is -3.56. The summed E-state index contributed by atoms with van der Waals surface area (Å²) in [6.07, 6.45) is 1.49. The van der Waals surface area contributed by atoms with Gasteiger partial charge in [-0.05, 0) is 48.0 Å². The largest absolute Gasteiger partial charge is 0.507 e. The quantitative estimate of drug-likeness (QED) is 0.585. The molecule has 0 bridgehead atoms. The van der Waals surface area contributed by atoms with Gasteiger partial charge in [-0.2, -0.15) is 5.26 Å². The lowest BCUT2D eigenvalue weighted by Gasteiger charge is -2.10. The number of fused-ring (bicyclic) bond motifs is 1. The van der Waals surface area contributed by atoms with Gasteiger partial charge in [0.2, 0.25) is 0 Å². The van der Waals surface area contributed by atoms with E-state index >= 15 is 0 Å². The van der Waals surface area contributed by atoms with Gasteiger partial charge in [-0.1, -0.05) is 30.3 Å². The third kappa shape index (κ3) is 2.75. The van der Waals surface area contributed by atoms with Crippen LogP contribution in [0.25, 0.3) is 22.0 Å². The highest BCUT2D eigenvalue weighted by Gasteiger charge is 2.21. The molecule has 1 aromatic heterocycles. The van der Waals surface area contributed by atoms with Gasteiger partial charge in [0.1, 0.15) is 5.75 Å². The minimum Gasteiger partial charge on any atom is -0.507 e. The summed E-state index contributed by atoms with van der Waals surface area (Å²) < 4.78 is 27.2. The number of phenols is 1. The maximum absolute atomic E-state index is 13.0. The summed E-state index contributed by atoms with van der Waals surface area (Å²) in [4.78, 5) is 0.190. The van der Waals surface area contributed by atoms with Crippen molar-refractivity contribution in [2.75, 3.05) is 0 Å². The second-order valence-electron chi connectivity index (χ2n) is 6.01. The van der Waals surface area contributed by atoms with Gasteiger partial charge in [0.15, 0.2) is 0 Å². The van der Waals surface area contributed by atoms with Gasteiger partial charge < -0.3 is 5.11 Å². The van der Waals surface area contributed by atoms with Crippen LogP contribution in [0.2, 0.25) is 0 Å². The fourth-order valence-corrected chi connectivity index (χ4v) is 4.48. The van der Waals surface area contributed by atoms with Gasteiger partial charge in [-0.25, -0.2) is 12.4 Å². The molecule has 4 aromatic rings. The molecule has 6 heteroatoms. The predicted octanol–water partition coefficient (Wildman–Crippen LogP) is 4.12. The van der Waals surface area contributed by atoms with Crippen LogP contribution in [0.5, 0.6) is 5.75 Å². The summed E-state index contributed by atoms with van der Waals surface area (Å²) in [6, 6.07) is 21.8. The minimum absolute atomic E-state index is 0.0436. The molecule has 27 heavy (non-hydrogen) atoms. The summed E-state index contributed by atoms with van der Waals surface area (Å²) in [7, 11) is -3.75. The predicted molar refractivity (Wildman–Crippen MR) is 103 cm³/mol. The maximum Gasteiger partial charge on any atom is 0.268 e. The average Bonchev–Trinajstić information content (AvgIpc) is 3.13. The molecule has 1 N–H and O–H groups in total. The van der Waals surface area contributed by atoms with Crippen LogP contribution >= 0.6 is 0 Å². The van der Waals surface area contributed by atoms with E-state index in [0.717, 1.165) is 0 Å². The summed E-state index contributed by atoms with van der Waals surface area (Å²) in [5.41, 5.74) is 2.21. The Bertz CT molecular complexity index is 1280. The molecular weight excluding hydrogens is 360 g/mol. The number of phenolic OH excluding ortho intramolecular Hbond substituents is 1. The Morgan fingerprint density at radius 1 is 0.889 bits per heavy atom. The Balaban J connectivity index is 1.94. The Morgan fingerprint density at radius 2 is 1.59 bits per heavy atom. The van der Waals surface area contributed by atoms with Crippen molar-refractivity contribution in [2.45, 2.75) is 4.90 Å². The number of benzene rings is 3. The first-order valence-corrected chi connectivity index (χ1v) is 9.60. The van der Waals surface area contributed by atoms with E-state index in [1.165, 1.54) is 16.2 Å². The van der Waals surface area contributed by atoms with E-state index in [-0.39, 0.29) is 10.6 Å². The molecule has 0 amide bonds. The van der Waals surface area contributed by atoms with E-state index in [1.54, 1.807) is 66.7 Å². The Morgan fingerprint density at radius 3 is 2.26 bits per heavy atom. The van der Waals surface area contributed by atoms with Crippen LogP contribution < -0.4 is 0 Å². The molecule has 132 valence electrons. The number of aromatic hydroxyl groups is 1. The molecular formula is C21H14N2O3S. The highest BCUT2D eigenvalue weighted by molar-refractivity contribution is 7.90. The summed E-state index contributed by atoms with van der Waals surface area (Å²) >= 11 is 0. The van der Waals surface area contributed by atoms with Gasteiger partial charge in [0.25, 0.3) is 10.0 Å². The molecule has 0 aliphatic heterocycles. The molecule has 0 spiro atoms. The van der Waals surface area contributed by atoms with Crippen molar-refractivity contribution in [1.29, 1.82) is 5.26 Å². The minimum atomic E-state index is -3.75. The maximum atomic E-state index is 13.0. The van der Waals surface area contributed by atoms with E-state index in [4.69, 9.17) is 5.26 Å². The van der Waals surface area contributed by atoms with Crippen LogP contribution in [0.3, 0.4) is 0 Å². The third-order valence-corrected chi connectivity index (χ3v) is 6.12. The number of nitriles is 1. The molecule has 0 aliphatic carbocycles. The van der Waals surface area contributed by atoms with Gasteiger partial charge in [-0.15, -0.1) is 0 Å². The Kier molecular flexibility index (Phi) is 3.94. The lowest BCUT2D eigenvalue weighted by Crippen LogP contribution is -2.11. The smallest absolute Gasteiger partial charge is 0.268 e. The zero-order chi connectivity index (χ0) is 19.0. The van der Waals surface area contributed by atoms with E-state index in [1.807, 2.05) is 0 Å². The third-order valence-electron chi connectivity index (χ3n) is 4.42. The number of aromatic nitrogens is 1. The van der Waals surface area contributed by atoms with Crippen LogP contribution in [-0.2, 0) is 10.0 Å². The number of nitrogens with zero attached hydrogens (tertiary/aromatic N) is 2. The van der Waals surface area contributed by atoms with E-state index in [9.17, 15) is 13.5 Å². The molecule has 0 radical (unpaired) electrons. The molecule has 0 aliphatic rings. The number of hydrogen-bond acceptors (Lipinski definition) is 4. The molecule has 1 heterocycles. The van der Waals surface area contributed by atoms with Crippen LogP contribution in [0.4, 0.5) is 0 Å². The fourth-order valence-electron chi connectivity index (χ4n) is 3.11. The van der Waals surface area contributed by atoms with E-state index < -0.39 is 10.0 Å². The normalized spacial score (nSPS) is 11.4. The highest BCUT2D eigenvalue weighted by atomic mass is 32.2. The fraction of sp³-hybridized carbons (Fsp3) is 0. The average molecular weight is 374 g/mol. The molecule has 0 saturated heterocycles. The van der Waals surface area contributed by atoms with Crippen molar-refractivity contribution in [1.82, 2.24) is 3.97 Å². The van der Waals surface area contributed by atoms with Crippen LogP contribution in [0, 0.1) is 11.3 Å². The molecule has 5 nitrogen and oxygen atoms in total. The van der Waals surface area contributed by atoms with E-state index in [2.05, 4.69) is 6.07 Å². The van der Waals surface area contributed by atoms with Gasteiger partial charge in [-0.3, -0.25) is 0 Å². The number of rotatable bonds is 3. The summed E-state index contributed by atoms with van der Waals surface area (Å²) in [5.74, 6) is 0.0436. The zero-order valence-corrected chi connectivity index (χ0v) is 14.9. The Labute approximate surface area is 156 Å². The van der Waals surface area contributed by atoms with Crippen molar-refractivity contribution < 1.29 is 13.5 Å². The first-order chi connectivity index (χ1) is 13.0. The van der Waals surface area contributed by atoms with Crippen LogP contribution in [0.15, 0.2) is 83.9 Å². The summed E-state index contributed by atoms with van der Waals surface area (Å²) in [6.45, 7) is 0. The molecule has 4 rings (SSSR count). The molecule has 0 atom stereocenters. The summed E-state index contributed by atoms with van der Waals surface area (Å²) in [5, 5.41) is 20.0. The number of hydrogen-bond donors (Lipinski definition) is 1. The lowest BCUT2D eigenvalue weighted by molar-refractivity contribution is 0.478. The monoisotopic (exact) mass is 374 g/mol. The van der Waals surface area contributed by atoms with E-state index in [0.29, 0.717) is 27.6 Å². The SMILES string of the molecule is N#Cc1ccc(-c2c(O)ccc3c2ccn3S(=O)(=O)c2ccccc2)cc1. The molecule has 3 aromatic carbocycles. The first-order valence-electron chi connectivity index (χ1n) is 8.16. The van der Waals surface area contributed by atoms with Crippen LogP contribution in [0.1, 0.15) is 5.56 Å². The van der Waals surface area contributed by atoms with Crippen molar-refractivity contribution in [3.05, 3.63) is 84.6 Å². The van der Waals surface area contributed by atoms with Crippen molar-refractivity contribution in [3.63, 3.8) is 0 Å². The van der Waals surface area contributed by atoms with Gasteiger partial charge >= 0.3 is 0 Å². The van der Waals surface area contributed by atoms with Gasteiger partial charge in [0, 0.05) is 17.1 Å². The topological polar surface area (TPSA) is 83.1 Å².